The van der Waals surface area contributed by atoms with E-state index in [1.165, 1.54) is 5.41 Å². The molecule has 20 heavy (non-hydrogen) atoms. The molecule has 0 saturated carbocycles. The van der Waals surface area contributed by atoms with Crippen molar-refractivity contribution in [2.24, 2.45) is 0 Å². The highest BCUT2D eigenvalue weighted by molar-refractivity contribution is 7.94. The van der Waals surface area contributed by atoms with Crippen molar-refractivity contribution in [1.29, 1.82) is 0 Å². The van der Waals surface area contributed by atoms with Crippen molar-refractivity contribution in [1.82, 2.24) is 0 Å². The molecule has 0 fully saturated rings. The van der Waals surface area contributed by atoms with E-state index in [4.69, 9.17) is 9.47 Å². The number of ether oxygens (including phenoxy) is 2. The fourth-order valence-electron chi connectivity index (χ4n) is 1.87. The van der Waals surface area contributed by atoms with E-state index in [1.807, 2.05) is 0 Å². The second kappa shape index (κ2) is 5.02. The molecule has 5 heteroatoms. The first-order valence-electron chi connectivity index (χ1n) is 6.03. The zero-order chi connectivity index (χ0) is 14.0. The summed E-state index contributed by atoms with van der Waals surface area (Å²) in [6.45, 7) is 0.199. The first-order chi connectivity index (χ1) is 9.65. The summed E-state index contributed by atoms with van der Waals surface area (Å²) in [6.07, 6.45) is 1.55. The molecule has 2 aromatic rings. The van der Waals surface area contributed by atoms with Gasteiger partial charge in [0, 0.05) is 5.41 Å². The predicted molar refractivity (Wildman–Crippen MR) is 75.2 cm³/mol. The van der Waals surface area contributed by atoms with Gasteiger partial charge in [-0.25, -0.2) is 8.42 Å². The zero-order valence-electron chi connectivity index (χ0n) is 10.5. The Kier molecular flexibility index (Phi) is 3.20. The lowest BCUT2D eigenvalue weighted by Gasteiger charge is -1.99. The summed E-state index contributed by atoms with van der Waals surface area (Å²) in [5.74, 6) is 1.30. The van der Waals surface area contributed by atoms with E-state index < -0.39 is 9.84 Å². The maximum absolute atomic E-state index is 12.1. The van der Waals surface area contributed by atoms with E-state index in [0.717, 1.165) is 5.56 Å². The van der Waals surface area contributed by atoms with Crippen molar-refractivity contribution >= 4 is 15.9 Å². The van der Waals surface area contributed by atoms with Crippen LogP contribution < -0.4 is 9.47 Å². The van der Waals surface area contributed by atoms with Crippen LogP contribution in [0.3, 0.4) is 0 Å². The zero-order valence-corrected chi connectivity index (χ0v) is 11.3. The molecule has 0 saturated heterocycles. The summed E-state index contributed by atoms with van der Waals surface area (Å²) >= 11 is 0. The molecule has 1 heterocycles. The van der Waals surface area contributed by atoms with Gasteiger partial charge in [0.25, 0.3) is 0 Å². The third-order valence-corrected chi connectivity index (χ3v) is 4.33. The van der Waals surface area contributed by atoms with Gasteiger partial charge in [0.1, 0.15) is 0 Å². The van der Waals surface area contributed by atoms with E-state index in [1.54, 1.807) is 54.6 Å². The van der Waals surface area contributed by atoms with Gasteiger partial charge in [-0.1, -0.05) is 24.3 Å². The van der Waals surface area contributed by atoms with Gasteiger partial charge in [-0.15, -0.1) is 0 Å². The monoisotopic (exact) mass is 288 g/mol. The molecule has 0 N–H and O–H groups in total. The van der Waals surface area contributed by atoms with Crippen LogP contribution in [0.1, 0.15) is 5.56 Å². The second-order valence-electron chi connectivity index (χ2n) is 4.27. The Morgan fingerprint density at radius 3 is 2.50 bits per heavy atom. The molecule has 0 bridgehead atoms. The molecule has 4 nitrogen and oxygen atoms in total. The molecular formula is C15H12O4S. The van der Waals surface area contributed by atoms with Crippen LogP contribution in [-0.2, 0) is 9.84 Å². The van der Waals surface area contributed by atoms with Gasteiger partial charge in [-0.2, -0.15) is 0 Å². The Bertz CT molecular complexity index is 749. The van der Waals surface area contributed by atoms with Gasteiger partial charge < -0.3 is 9.47 Å². The highest BCUT2D eigenvalue weighted by atomic mass is 32.2. The number of rotatable bonds is 3. The van der Waals surface area contributed by atoms with Crippen molar-refractivity contribution in [2.75, 3.05) is 6.79 Å². The molecule has 3 rings (SSSR count). The Hall–Kier alpha value is -2.27. The largest absolute Gasteiger partial charge is 0.454 e. The van der Waals surface area contributed by atoms with Gasteiger partial charge in [-0.3, -0.25) is 0 Å². The van der Waals surface area contributed by atoms with Crippen molar-refractivity contribution in [3.05, 3.63) is 59.5 Å². The quantitative estimate of drug-likeness (QED) is 0.871. The second-order valence-corrected chi connectivity index (χ2v) is 6.11. The molecule has 0 unspecified atom stereocenters. The average molecular weight is 288 g/mol. The van der Waals surface area contributed by atoms with Crippen molar-refractivity contribution in [2.45, 2.75) is 4.90 Å². The molecule has 0 spiro atoms. The fraction of sp³-hybridized carbons (Fsp3) is 0.0667. The molecule has 1 aliphatic rings. The minimum absolute atomic E-state index is 0.199. The summed E-state index contributed by atoms with van der Waals surface area (Å²) in [6, 6.07) is 13.6. The Morgan fingerprint density at radius 1 is 0.950 bits per heavy atom. The highest BCUT2D eigenvalue weighted by Crippen LogP contribution is 2.32. The third kappa shape index (κ3) is 2.53. The van der Waals surface area contributed by atoms with Crippen molar-refractivity contribution in [3.8, 4) is 11.5 Å². The molecule has 0 atom stereocenters. The van der Waals surface area contributed by atoms with E-state index >= 15 is 0 Å². The van der Waals surface area contributed by atoms with Gasteiger partial charge >= 0.3 is 0 Å². The molecular weight excluding hydrogens is 276 g/mol. The Balaban J connectivity index is 1.87. The van der Waals surface area contributed by atoms with Crippen LogP contribution in [0.25, 0.3) is 6.08 Å². The van der Waals surface area contributed by atoms with Crippen LogP contribution >= 0.6 is 0 Å². The van der Waals surface area contributed by atoms with E-state index in [-0.39, 0.29) is 11.7 Å². The first-order valence-corrected chi connectivity index (χ1v) is 7.58. The predicted octanol–water partition coefficient (Wildman–Crippen LogP) is 2.86. The standard InChI is InChI=1S/C15H12O4S/c16-20(17,13-4-2-1-3-5-13)9-8-12-6-7-14-15(10-12)19-11-18-14/h1-10H,11H2/b9-8+. The van der Waals surface area contributed by atoms with Crippen LogP contribution in [0, 0.1) is 0 Å². The van der Waals surface area contributed by atoms with E-state index in [2.05, 4.69) is 0 Å². The Morgan fingerprint density at radius 2 is 1.70 bits per heavy atom. The summed E-state index contributed by atoms with van der Waals surface area (Å²) in [4.78, 5) is 0.275. The summed E-state index contributed by atoms with van der Waals surface area (Å²) in [7, 11) is -3.43. The van der Waals surface area contributed by atoms with Crippen LogP contribution in [0.15, 0.2) is 58.8 Å². The van der Waals surface area contributed by atoms with Gasteiger partial charge in [0.05, 0.1) is 4.90 Å². The van der Waals surface area contributed by atoms with Crippen LogP contribution in [0.2, 0.25) is 0 Å². The summed E-state index contributed by atoms with van der Waals surface area (Å²) < 4.78 is 34.6. The maximum atomic E-state index is 12.1. The maximum Gasteiger partial charge on any atom is 0.231 e. The van der Waals surface area contributed by atoms with Crippen LogP contribution in [0.5, 0.6) is 11.5 Å². The lowest BCUT2D eigenvalue weighted by Crippen LogP contribution is -1.95. The van der Waals surface area contributed by atoms with Gasteiger partial charge in [-0.05, 0) is 35.9 Å². The number of fused-ring (bicyclic) bond motifs is 1. The summed E-state index contributed by atoms with van der Waals surface area (Å²) in [5, 5.41) is 1.19. The number of sulfone groups is 1. The first kappa shape index (κ1) is 12.7. The van der Waals surface area contributed by atoms with Crippen molar-refractivity contribution in [3.63, 3.8) is 0 Å². The van der Waals surface area contributed by atoms with Crippen LogP contribution in [-0.4, -0.2) is 15.2 Å². The van der Waals surface area contributed by atoms with Gasteiger partial charge in [0.15, 0.2) is 21.3 Å². The molecule has 0 amide bonds. The minimum Gasteiger partial charge on any atom is -0.454 e. The number of hydrogen-bond donors (Lipinski definition) is 0. The SMILES string of the molecule is O=S(=O)(/C=C/c1ccc2c(c1)OCO2)c1ccccc1. The number of hydrogen-bond acceptors (Lipinski definition) is 4. The lowest BCUT2D eigenvalue weighted by molar-refractivity contribution is 0.174. The lowest BCUT2D eigenvalue weighted by atomic mass is 10.2. The molecule has 0 radical (unpaired) electrons. The van der Waals surface area contributed by atoms with Gasteiger partial charge in [0.2, 0.25) is 6.79 Å². The van der Waals surface area contributed by atoms with E-state index in [9.17, 15) is 8.42 Å². The van der Waals surface area contributed by atoms with Crippen LogP contribution in [0.4, 0.5) is 0 Å². The molecule has 1 aliphatic heterocycles. The van der Waals surface area contributed by atoms with Crippen molar-refractivity contribution < 1.29 is 17.9 Å². The molecule has 2 aromatic carbocycles. The highest BCUT2D eigenvalue weighted by Gasteiger charge is 2.13. The Labute approximate surface area is 117 Å². The molecule has 0 aliphatic carbocycles. The molecule has 102 valence electrons. The van der Waals surface area contributed by atoms with E-state index in [0.29, 0.717) is 11.5 Å². The normalized spacial score (nSPS) is 13.8. The third-order valence-electron chi connectivity index (χ3n) is 2.91. The molecule has 0 aromatic heterocycles. The summed E-state index contributed by atoms with van der Waals surface area (Å²) in [5.41, 5.74) is 0.744. The topological polar surface area (TPSA) is 52.6 Å². The minimum atomic E-state index is -3.43. The smallest absolute Gasteiger partial charge is 0.231 e. The average Bonchev–Trinajstić information content (AvgIpc) is 2.94. The fourth-order valence-corrected chi connectivity index (χ4v) is 2.90. The number of benzene rings is 2.